The predicted octanol–water partition coefficient (Wildman–Crippen LogP) is 6.88. The van der Waals surface area contributed by atoms with Gasteiger partial charge < -0.3 is 20.7 Å². The van der Waals surface area contributed by atoms with Crippen molar-refractivity contribution < 1.29 is 14.3 Å². The van der Waals surface area contributed by atoms with Crippen molar-refractivity contribution >= 4 is 36.1 Å². The fraction of sp³-hybridized carbons (Fsp3) is 0.452. The average Bonchev–Trinajstić information content (AvgIpc) is 3.92. The van der Waals surface area contributed by atoms with Gasteiger partial charge in [-0.15, -0.1) is 0 Å². The maximum Gasteiger partial charge on any atom is 0.251 e. The van der Waals surface area contributed by atoms with Crippen LogP contribution < -0.4 is 31.1 Å². The van der Waals surface area contributed by atoms with Crippen LogP contribution in [0.2, 0.25) is 5.02 Å². The summed E-state index contributed by atoms with van der Waals surface area (Å²) in [6.07, 6.45) is 17.8. The predicted molar refractivity (Wildman–Crippen MR) is 209 cm³/mol. The summed E-state index contributed by atoms with van der Waals surface area (Å²) in [5.41, 5.74) is 2.82. The molecular formula is C42H57ClN4O3. The molecule has 0 radical (unpaired) electrons. The van der Waals surface area contributed by atoms with E-state index >= 15 is 0 Å². The number of pyridine rings is 1. The Balaban J connectivity index is 0.000000483. The molecule has 50 heavy (non-hydrogen) atoms. The number of benzene rings is 1. The molecule has 1 aromatic heterocycles. The number of carbonyl (C=O) groups excluding carboxylic acids is 2. The Labute approximate surface area is 305 Å². The first kappa shape index (κ1) is 42.0. The molecule has 0 aliphatic heterocycles. The topological polar surface area (TPSA) is 92.4 Å². The third-order valence-corrected chi connectivity index (χ3v) is 8.80. The van der Waals surface area contributed by atoms with Crippen LogP contribution in [-0.4, -0.2) is 43.5 Å². The first-order chi connectivity index (χ1) is 24.1. The normalized spacial score (nSPS) is 15.7. The van der Waals surface area contributed by atoms with Gasteiger partial charge in [0.1, 0.15) is 11.4 Å². The third-order valence-electron chi connectivity index (χ3n) is 8.50. The Hall–Kier alpha value is -4.12. The van der Waals surface area contributed by atoms with E-state index in [1.807, 2.05) is 46.0 Å². The summed E-state index contributed by atoms with van der Waals surface area (Å²) in [6.45, 7) is 17.0. The zero-order valence-electron chi connectivity index (χ0n) is 31.3. The van der Waals surface area contributed by atoms with Gasteiger partial charge in [-0.3, -0.25) is 9.59 Å². The second-order valence-corrected chi connectivity index (χ2v) is 12.7. The van der Waals surface area contributed by atoms with Gasteiger partial charge >= 0.3 is 0 Å². The number of aromatic nitrogens is 1. The molecule has 2 aromatic rings. The standard InChI is InChI=1S/C30H40N2O3.C10H11ClN2.C2H6/c1-6-8-9-14-28(33)31-20-23-12-10-11-13-26(23)29(34)32-30(15-16-30)25-18-24(17-21(3)7-2)22(4)27(19-25)35-5;1-8(12-2)5-6-10-9(11)4-3-7-13-10;1-2/h9,12-14,17-19,21H,4,6-8,10-11,15-16,20H2,1-3,5H3,(H,31,33)(H,32,34);3-4,7-8,12H,1-2H3;1-2H3/b14-9?,24-17-;;. The molecule has 2 amide bonds. The van der Waals surface area contributed by atoms with Crippen molar-refractivity contribution in [1.29, 1.82) is 0 Å². The number of allylic oxidation sites excluding steroid dienone is 3. The van der Waals surface area contributed by atoms with Gasteiger partial charge in [0, 0.05) is 23.5 Å². The Morgan fingerprint density at radius 2 is 1.88 bits per heavy atom. The van der Waals surface area contributed by atoms with Crippen LogP contribution in [0.25, 0.3) is 12.7 Å². The lowest BCUT2D eigenvalue weighted by Crippen LogP contribution is -2.39. The van der Waals surface area contributed by atoms with Crippen LogP contribution in [-0.2, 0) is 15.1 Å². The van der Waals surface area contributed by atoms with Gasteiger partial charge in [0.05, 0.1) is 23.7 Å². The fourth-order valence-corrected chi connectivity index (χ4v) is 5.22. The number of hydrogen-bond acceptors (Lipinski definition) is 5. The van der Waals surface area contributed by atoms with Gasteiger partial charge in [-0.1, -0.05) is 95.9 Å². The van der Waals surface area contributed by atoms with Gasteiger partial charge in [0.2, 0.25) is 5.91 Å². The van der Waals surface area contributed by atoms with E-state index < -0.39 is 5.54 Å². The number of nitrogens with one attached hydrogen (secondary N) is 3. The van der Waals surface area contributed by atoms with Crippen LogP contribution in [0.4, 0.5) is 0 Å². The molecule has 2 atom stereocenters. The number of hydrogen-bond donors (Lipinski definition) is 3. The second-order valence-electron chi connectivity index (χ2n) is 12.3. The number of methoxy groups -OCH3 is 1. The number of amides is 2. The molecule has 270 valence electrons. The maximum atomic E-state index is 13.4. The minimum atomic E-state index is -0.397. The SMILES string of the molecule is C=c1c(OC)cc(C2(NC(=O)C3=CCCC=C3CNC(=O)C=CCCC)CC2)c/c1=C/C(C)CC.CC.CNC(C)C#Cc1ncccc1Cl. The second kappa shape index (κ2) is 21.9. The smallest absolute Gasteiger partial charge is 0.251 e. The number of ether oxygens (including phenoxy) is 1. The van der Waals surface area contributed by atoms with Crippen molar-refractivity contribution in [2.75, 3.05) is 20.7 Å². The maximum absolute atomic E-state index is 13.4. The molecule has 2 aliphatic carbocycles. The Kier molecular flexibility index (Phi) is 18.4. The van der Waals surface area contributed by atoms with E-state index in [1.165, 1.54) is 0 Å². The third kappa shape index (κ3) is 13.0. The molecule has 1 aromatic carbocycles. The largest absolute Gasteiger partial charge is 0.496 e. The lowest BCUT2D eigenvalue weighted by atomic mass is 9.95. The number of halogens is 1. The van der Waals surface area contributed by atoms with Crippen molar-refractivity contribution in [2.45, 2.75) is 98.1 Å². The summed E-state index contributed by atoms with van der Waals surface area (Å²) < 4.78 is 5.63. The molecule has 1 saturated carbocycles. The number of nitrogens with zero attached hydrogens (tertiary/aromatic N) is 1. The summed E-state index contributed by atoms with van der Waals surface area (Å²) in [7, 11) is 3.52. The van der Waals surface area contributed by atoms with Gasteiger partial charge in [-0.2, -0.15) is 0 Å². The van der Waals surface area contributed by atoms with Crippen LogP contribution >= 0.6 is 11.6 Å². The zero-order chi connectivity index (χ0) is 37.1. The van der Waals surface area contributed by atoms with Crippen LogP contribution in [0.15, 0.2) is 65.9 Å². The minimum Gasteiger partial charge on any atom is -0.496 e. The van der Waals surface area contributed by atoms with E-state index in [4.69, 9.17) is 16.3 Å². The van der Waals surface area contributed by atoms with Crippen molar-refractivity contribution in [3.8, 4) is 17.6 Å². The van der Waals surface area contributed by atoms with Crippen molar-refractivity contribution in [3.05, 3.63) is 92.6 Å². The molecular weight excluding hydrogens is 644 g/mol. The average molecular weight is 701 g/mol. The monoisotopic (exact) mass is 700 g/mol. The van der Waals surface area contributed by atoms with E-state index in [2.05, 4.69) is 78.3 Å². The lowest BCUT2D eigenvalue weighted by molar-refractivity contribution is -0.119. The zero-order valence-corrected chi connectivity index (χ0v) is 32.1. The highest BCUT2D eigenvalue weighted by molar-refractivity contribution is 6.31. The molecule has 2 aliphatic rings. The van der Waals surface area contributed by atoms with Crippen LogP contribution in [0.3, 0.4) is 0 Å². The molecule has 7 nitrogen and oxygen atoms in total. The fourth-order valence-electron chi connectivity index (χ4n) is 5.05. The van der Waals surface area contributed by atoms with Crippen molar-refractivity contribution in [3.63, 3.8) is 0 Å². The number of unbranched alkanes of at least 4 members (excludes halogenated alkanes) is 1. The Bertz CT molecular complexity index is 1700. The molecule has 4 rings (SSSR count). The van der Waals surface area contributed by atoms with Crippen LogP contribution in [0, 0.1) is 17.8 Å². The van der Waals surface area contributed by atoms with Gasteiger partial charge in [0.25, 0.3) is 5.91 Å². The molecule has 1 heterocycles. The molecule has 2 unspecified atom stereocenters. The molecule has 0 saturated heterocycles. The molecule has 0 bridgehead atoms. The summed E-state index contributed by atoms with van der Waals surface area (Å²) in [4.78, 5) is 29.6. The van der Waals surface area contributed by atoms with Gasteiger partial charge in [-0.25, -0.2) is 4.98 Å². The molecule has 8 heteroatoms. The number of carbonyl (C=O) groups is 2. The van der Waals surface area contributed by atoms with E-state index in [1.54, 1.807) is 31.5 Å². The summed E-state index contributed by atoms with van der Waals surface area (Å²) >= 11 is 5.87. The van der Waals surface area contributed by atoms with Crippen molar-refractivity contribution in [2.24, 2.45) is 5.92 Å². The lowest BCUT2D eigenvalue weighted by Gasteiger charge is -2.23. The van der Waals surface area contributed by atoms with Gasteiger partial charge in [-0.05, 0) is 105 Å². The van der Waals surface area contributed by atoms with E-state index in [9.17, 15) is 9.59 Å². The van der Waals surface area contributed by atoms with Crippen LogP contribution in [0.5, 0.6) is 5.75 Å². The first-order valence-electron chi connectivity index (χ1n) is 17.9. The highest BCUT2D eigenvalue weighted by Gasteiger charge is 2.46. The highest BCUT2D eigenvalue weighted by atomic mass is 35.5. The Morgan fingerprint density at radius 3 is 2.50 bits per heavy atom. The highest BCUT2D eigenvalue weighted by Crippen LogP contribution is 2.46. The Morgan fingerprint density at radius 1 is 1.16 bits per heavy atom. The first-order valence-corrected chi connectivity index (χ1v) is 18.3. The minimum absolute atomic E-state index is 0.0886. The van der Waals surface area contributed by atoms with E-state index in [-0.39, 0.29) is 17.9 Å². The van der Waals surface area contributed by atoms with Crippen LogP contribution in [0.1, 0.15) is 97.7 Å². The number of rotatable bonds is 12. The summed E-state index contributed by atoms with van der Waals surface area (Å²) in [5.74, 6) is 6.84. The van der Waals surface area contributed by atoms with E-state index in [0.717, 1.165) is 72.3 Å². The molecule has 0 spiro atoms. The summed E-state index contributed by atoms with van der Waals surface area (Å²) in [6, 6.07) is 7.88. The molecule has 3 N–H and O–H groups in total. The van der Waals surface area contributed by atoms with Gasteiger partial charge in [0.15, 0.2) is 0 Å². The summed E-state index contributed by atoms with van der Waals surface area (Å²) in [5, 5.41) is 11.8. The van der Waals surface area contributed by atoms with E-state index in [0.29, 0.717) is 28.8 Å². The van der Waals surface area contributed by atoms with Crippen molar-refractivity contribution in [1.82, 2.24) is 20.9 Å². The quantitative estimate of drug-likeness (QED) is 0.166. The molecule has 1 fully saturated rings.